The number of aryl methyl sites for hydroxylation is 2. The molecule has 1 amide bonds. The molecule has 0 unspecified atom stereocenters. The molecule has 0 saturated heterocycles. The summed E-state index contributed by atoms with van der Waals surface area (Å²) in [5.41, 5.74) is 4.19. The van der Waals surface area contributed by atoms with E-state index < -0.39 is 10.0 Å². The van der Waals surface area contributed by atoms with E-state index in [2.05, 4.69) is 28.2 Å². The summed E-state index contributed by atoms with van der Waals surface area (Å²) in [4.78, 5) is 14.4. The van der Waals surface area contributed by atoms with Gasteiger partial charge in [0, 0.05) is 16.3 Å². The second kappa shape index (κ2) is 10.8. The van der Waals surface area contributed by atoms with Crippen molar-refractivity contribution in [3.63, 3.8) is 0 Å². The molecule has 0 bridgehead atoms. The molecule has 35 heavy (non-hydrogen) atoms. The zero-order valence-corrected chi connectivity index (χ0v) is 21.1. The summed E-state index contributed by atoms with van der Waals surface area (Å²) in [6, 6.07) is 29.2. The first-order chi connectivity index (χ1) is 16.8. The highest BCUT2D eigenvalue weighted by atomic mass is 32.2. The molecule has 0 fully saturated rings. The second-order valence-electron chi connectivity index (χ2n) is 8.17. The Labute approximate surface area is 210 Å². The normalized spacial score (nSPS) is 11.1. The van der Waals surface area contributed by atoms with Crippen LogP contribution in [0.2, 0.25) is 0 Å². The van der Waals surface area contributed by atoms with Gasteiger partial charge in [0.25, 0.3) is 15.9 Å². The molecule has 7 heteroatoms. The fourth-order valence-corrected chi connectivity index (χ4v) is 5.46. The maximum atomic E-state index is 13.1. The predicted molar refractivity (Wildman–Crippen MR) is 144 cm³/mol. The Balaban J connectivity index is 1.48. The average molecular weight is 503 g/mol. The number of anilines is 2. The molecule has 0 aliphatic rings. The first-order valence-electron chi connectivity index (χ1n) is 11.1. The van der Waals surface area contributed by atoms with Crippen molar-refractivity contribution in [2.45, 2.75) is 29.4 Å². The molecule has 0 aliphatic heterocycles. The minimum atomic E-state index is -3.83. The van der Waals surface area contributed by atoms with Gasteiger partial charge in [-0.05, 0) is 67.4 Å². The van der Waals surface area contributed by atoms with Crippen molar-refractivity contribution in [2.24, 2.45) is 0 Å². The first-order valence-corrected chi connectivity index (χ1v) is 13.6. The zero-order valence-electron chi connectivity index (χ0n) is 19.5. The number of para-hydroxylation sites is 1. The van der Waals surface area contributed by atoms with Crippen molar-refractivity contribution in [2.75, 3.05) is 10.0 Å². The van der Waals surface area contributed by atoms with E-state index in [9.17, 15) is 13.2 Å². The number of amides is 1. The van der Waals surface area contributed by atoms with Gasteiger partial charge in [-0.15, -0.1) is 11.8 Å². The van der Waals surface area contributed by atoms with Gasteiger partial charge in [0.2, 0.25) is 0 Å². The van der Waals surface area contributed by atoms with Crippen LogP contribution in [0.15, 0.2) is 107 Å². The molecule has 0 radical (unpaired) electrons. The number of nitrogens with one attached hydrogen (secondary N) is 2. The largest absolute Gasteiger partial charge is 0.322 e. The zero-order chi connectivity index (χ0) is 24.8. The van der Waals surface area contributed by atoms with Crippen LogP contribution in [-0.4, -0.2) is 14.3 Å². The number of rotatable bonds is 8. The van der Waals surface area contributed by atoms with Crippen LogP contribution in [0.1, 0.15) is 27.0 Å². The molecule has 178 valence electrons. The molecular formula is C28H26N2O3S2. The van der Waals surface area contributed by atoms with Crippen molar-refractivity contribution >= 4 is 39.1 Å². The Bertz CT molecular complexity index is 1440. The van der Waals surface area contributed by atoms with Crippen LogP contribution in [0.4, 0.5) is 11.4 Å². The van der Waals surface area contributed by atoms with Gasteiger partial charge in [-0.2, -0.15) is 0 Å². The predicted octanol–water partition coefficient (Wildman–Crippen LogP) is 6.65. The number of carbonyl (C=O) groups is 1. The first kappa shape index (κ1) is 24.6. The Morgan fingerprint density at radius 2 is 1.49 bits per heavy atom. The van der Waals surface area contributed by atoms with E-state index in [4.69, 9.17) is 0 Å². The number of hydrogen-bond acceptors (Lipinski definition) is 4. The summed E-state index contributed by atoms with van der Waals surface area (Å²) in [6.45, 7) is 3.83. The van der Waals surface area contributed by atoms with E-state index >= 15 is 0 Å². The van der Waals surface area contributed by atoms with Crippen LogP contribution < -0.4 is 10.0 Å². The van der Waals surface area contributed by atoms with Gasteiger partial charge in [-0.1, -0.05) is 60.2 Å². The van der Waals surface area contributed by atoms with E-state index in [0.717, 1.165) is 22.4 Å². The van der Waals surface area contributed by atoms with Crippen LogP contribution in [0.3, 0.4) is 0 Å². The van der Waals surface area contributed by atoms with Crippen molar-refractivity contribution in [1.29, 1.82) is 0 Å². The number of sulfonamides is 1. The molecular weight excluding hydrogens is 476 g/mol. The smallest absolute Gasteiger partial charge is 0.261 e. The highest BCUT2D eigenvalue weighted by Gasteiger charge is 2.19. The van der Waals surface area contributed by atoms with Gasteiger partial charge in [-0.3, -0.25) is 9.52 Å². The molecule has 2 N–H and O–H groups in total. The third kappa shape index (κ3) is 6.32. The molecule has 5 nitrogen and oxygen atoms in total. The molecule has 0 heterocycles. The van der Waals surface area contributed by atoms with E-state index in [1.54, 1.807) is 60.3 Å². The Morgan fingerprint density at radius 3 is 2.20 bits per heavy atom. The van der Waals surface area contributed by atoms with Gasteiger partial charge in [0.1, 0.15) is 0 Å². The molecule has 0 spiro atoms. The molecule has 4 aromatic carbocycles. The van der Waals surface area contributed by atoms with Gasteiger partial charge in [-0.25, -0.2) is 8.42 Å². The van der Waals surface area contributed by atoms with Crippen molar-refractivity contribution in [3.8, 4) is 0 Å². The van der Waals surface area contributed by atoms with Gasteiger partial charge < -0.3 is 5.32 Å². The summed E-state index contributed by atoms with van der Waals surface area (Å²) in [5.74, 6) is 0.435. The second-order valence-corrected chi connectivity index (χ2v) is 10.9. The molecule has 0 saturated carbocycles. The molecule has 0 atom stereocenters. The van der Waals surface area contributed by atoms with Gasteiger partial charge in [0.05, 0.1) is 16.1 Å². The van der Waals surface area contributed by atoms with Crippen molar-refractivity contribution < 1.29 is 13.2 Å². The maximum Gasteiger partial charge on any atom is 0.261 e. The average Bonchev–Trinajstić information content (AvgIpc) is 2.85. The van der Waals surface area contributed by atoms with E-state index in [1.165, 1.54) is 4.90 Å². The van der Waals surface area contributed by atoms with Crippen LogP contribution in [0.5, 0.6) is 0 Å². The maximum absolute atomic E-state index is 13.1. The monoisotopic (exact) mass is 502 g/mol. The lowest BCUT2D eigenvalue weighted by molar-refractivity contribution is 0.102. The lowest BCUT2D eigenvalue weighted by atomic mass is 10.1. The summed E-state index contributed by atoms with van der Waals surface area (Å²) in [6.07, 6.45) is 0. The number of carbonyl (C=O) groups excluding carboxylic acids is 1. The standard InChI is InChI=1S/C28H26N2O3S2/c1-20-12-15-24(16-13-20)35(32,33)30-27-11-7-6-10-25(27)28(31)29-26-17-14-22(18-21(26)2)19-34-23-8-4-3-5-9-23/h3-18,30H,19H2,1-2H3,(H,29,31). The van der Waals surface area contributed by atoms with E-state index in [1.807, 2.05) is 44.2 Å². The number of thioether (sulfide) groups is 1. The Kier molecular flexibility index (Phi) is 7.58. The third-order valence-electron chi connectivity index (χ3n) is 5.44. The highest BCUT2D eigenvalue weighted by molar-refractivity contribution is 7.98. The minimum absolute atomic E-state index is 0.137. The number of hydrogen-bond donors (Lipinski definition) is 2. The van der Waals surface area contributed by atoms with Crippen LogP contribution >= 0.6 is 11.8 Å². The fourth-order valence-electron chi connectivity index (χ4n) is 3.52. The Morgan fingerprint density at radius 1 is 0.800 bits per heavy atom. The summed E-state index contributed by atoms with van der Waals surface area (Å²) < 4.78 is 28.3. The van der Waals surface area contributed by atoms with Crippen LogP contribution in [0, 0.1) is 13.8 Å². The summed E-state index contributed by atoms with van der Waals surface area (Å²) in [5, 5.41) is 2.92. The quantitative estimate of drug-likeness (QED) is 0.265. The summed E-state index contributed by atoms with van der Waals surface area (Å²) in [7, 11) is -3.83. The highest BCUT2D eigenvalue weighted by Crippen LogP contribution is 2.26. The van der Waals surface area contributed by atoms with Gasteiger partial charge >= 0.3 is 0 Å². The SMILES string of the molecule is Cc1ccc(S(=O)(=O)Nc2ccccc2C(=O)Nc2ccc(CSc3ccccc3)cc2C)cc1. The Hall–Kier alpha value is -3.55. The minimum Gasteiger partial charge on any atom is -0.322 e. The van der Waals surface area contributed by atoms with E-state index in [-0.39, 0.29) is 22.1 Å². The van der Waals surface area contributed by atoms with Crippen molar-refractivity contribution in [1.82, 2.24) is 0 Å². The topological polar surface area (TPSA) is 75.3 Å². The van der Waals surface area contributed by atoms with Crippen LogP contribution in [-0.2, 0) is 15.8 Å². The van der Waals surface area contributed by atoms with Crippen LogP contribution in [0.25, 0.3) is 0 Å². The molecule has 0 aliphatic carbocycles. The fraction of sp³-hybridized carbons (Fsp3) is 0.107. The third-order valence-corrected chi connectivity index (χ3v) is 7.90. The lowest BCUT2D eigenvalue weighted by Crippen LogP contribution is -2.19. The van der Waals surface area contributed by atoms with E-state index in [0.29, 0.717) is 5.69 Å². The number of benzene rings is 4. The molecule has 4 rings (SSSR count). The molecule has 4 aromatic rings. The lowest BCUT2D eigenvalue weighted by Gasteiger charge is -2.14. The molecule has 0 aromatic heterocycles. The van der Waals surface area contributed by atoms with Crippen molar-refractivity contribution in [3.05, 3.63) is 119 Å². The van der Waals surface area contributed by atoms with Gasteiger partial charge in [0.15, 0.2) is 0 Å². The summed E-state index contributed by atoms with van der Waals surface area (Å²) >= 11 is 1.75.